The van der Waals surface area contributed by atoms with Crippen molar-refractivity contribution in [2.75, 3.05) is 39.8 Å². The number of piperazine rings is 1. The molecular weight excluding hydrogens is 423 g/mol. The molecule has 33 heavy (non-hydrogen) atoms. The second kappa shape index (κ2) is 8.82. The van der Waals surface area contributed by atoms with Crippen LogP contribution < -0.4 is 0 Å². The number of hydrogen-bond donors (Lipinski definition) is 1. The number of nitrogens with one attached hydrogen (secondary N) is 1. The molecule has 0 aliphatic carbocycles. The van der Waals surface area contributed by atoms with Crippen molar-refractivity contribution in [3.63, 3.8) is 0 Å². The summed E-state index contributed by atoms with van der Waals surface area (Å²) in [4.78, 5) is 35.7. The second-order valence-electron chi connectivity index (χ2n) is 9.68. The highest BCUT2D eigenvalue weighted by atomic mass is 19.1. The maximum atomic E-state index is 14.0. The minimum Gasteiger partial charge on any atom is -0.459 e. The second-order valence-corrected chi connectivity index (χ2v) is 9.68. The number of halogens is 1. The Kier molecular flexibility index (Phi) is 6.22. The number of ether oxygens (including phenoxy) is 1. The summed E-state index contributed by atoms with van der Waals surface area (Å²) in [5.41, 5.74) is 1.97. The van der Waals surface area contributed by atoms with Crippen LogP contribution >= 0.6 is 0 Å². The average Bonchev–Trinajstić information content (AvgIpc) is 3.08. The quantitative estimate of drug-likeness (QED) is 0.710. The van der Waals surface area contributed by atoms with E-state index in [2.05, 4.69) is 23.7 Å². The molecule has 0 radical (unpaired) electrons. The topological polar surface area (TPSA) is 68.9 Å². The van der Waals surface area contributed by atoms with Gasteiger partial charge < -0.3 is 19.5 Å². The van der Waals surface area contributed by atoms with Crippen LogP contribution in [0.5, 0.6) is 0 Å². The number of carbonyl (C=O) groups excluding carboxylic acids is 2. The lowest BCUT2D eigenvalue weighted by molar-refractivity contribution is -0.140. The van der Waals surface area contributed by atoms with Crippen molar-refractivity contribution in [3.05, 3.63) is 41.5 Å². The van der Waals surface area contributed by atoms with E-state index in [0.29, 0.717) is 30.8 Å². The number of benzene rings is 1. The number of esters is 1. The van der Waals surface area contributed by atoms with E-state index < -0.39 is 11.4 Å². The van der Waals surface area contributed by atoms with E-state index in [4.69, 9.17) is 4.74 Å². The van der Waals surface area contributed by atoms with Gasteiger partial charge in [0.05, 0.1) is 17.4 Å². The Balaban J connectivity index is 1.85. The largest absolute Gasteiger partial charge is 0.459 e. The van der Waals surface area contributed by atoms with E-state index in [1.54, 1.807) is 31.0 Å². The van der Waals surface area contributed by atoms with Crippen molar-refractivity contribution in [3.8, 4) is 0 Å². The fraction of sp³-hybridized carbons (Fsp3) is 0.520. The lowest BCUT2D eigenvalue weighted by Gasteiger charge is -2.38. The summed E-state index contributed by atoms with van der Waals surface area (Å²) in [6.45, 7) is 11.1. The maximum absolute atomic E-state index is 14.0. The number of aromatic nitrogens is 1. The summed E-state index contributed by atoms with van der Waals surface area (Å²) in [5, 5.41) is 0.855. The number of aromatic amines is 1. The summed E-state index contributed by atoms with van der Waals surface area (Å²) >= 11 is 0. The molecule has 0 bridgehead atoms. The van der Waals surface area contributed by atoms with Crippen LogP contribution in [0.2, 0.25) is 0 Å². The van der Waals surface area contributed by atoms with Gasteiger partial charge in [-0.1, -0.05) is 13.8 Å². The van der Waals surface area contributed by atoms with E-state index in [0.717, 1.165) is 30.5 Å². The van der Waals surface area contributed by atoms with Crippen molar-refractivity contribution >= 4 is 28.5 Å². The van der Waals surface area contributed by atoms with E-state index in [1.165, 1.54) is 12.1 Å². The fourth-order valence-electron chi connectivity index (χ4n) is 4.74. The van der Waals surface area contributed by atoms with Crippen LogP contribution in [-0.4, -0.2) is 77.6 Å². The minimum absolute atomic E-state index is 0.113. The number of carbonyl (C=O) groups is 2. The smallest absolute Gasteiger partial charge is 0.342 e. The van der Waals surface area contributed by atoms with Gasteiger partial charge in [0.15, 0.2) is 0 Å². The highest BCUT2D eigenvalue weighted by Crippen LogP contribution is 2.42. The number of nitrogens with zero attached hydrogens (tertiary/aromatic N) is 3. The normalized spacial score (nSPS) is 21.7. The Morgan fingerprint density at radius 1 is 1.21 bits per heavy atom. The van der Waals surface area contributed by atoms with Crippen LogP contribution in [0.1, 0.15) is 45.4 Å². The third kappa shape index (κ3) is 4.36. The van der Waals surface area contributed by atoms with Gasteiger partial charge in [-0.25, -0.2) is 14.0 Å². The number of amides is 2. The number of rotatable bonds is 3. The van der Waals surface area contributed by atoms with Crippen molar-refractivity contribution in [1.29, 1.82) is 0 Å². The van der Waals surface area contributed by atoms with Crippen LogP contribution in [0.25, 0.3) is 16.5 Å². The van der Waals surface area contributed by atoms with E-state index in [-0.39, 0.29) is 23.5 Å². The van der Waals surface area contributed by atoms with Gasteiger partial charge in [0.2, 0.25) is 0 Å². The van der Waals surface area contributed by atoms with E-state index in [1.807, 2.05) is 11.9 Å². The molecular formula is C25H33FN4O3. The Bertz CT molecular complexity index is 1100. The van der Waals surface area contributed by atoms with E-state index >= 15 is 0 Å². The molecule has 2 aromatic rings. The van der Waals surface area contributed by atoms with Crippen LogP contribution in [0.15, 0.2) is 24.4 Å². The van der Waals surface area contributed by atoms with Gasteiger partial charge >= 0.3 is 12.0 Å². The molecule has 1 atom stereocenters. The van der Waals surface area contributed by atoms with Crippen molar-refractivity contribution in [1.82, 2.24) is 19.7 Å². The molecule has 1 saturated heterocycles. The van der Waals surface area contributed by atoms with Gasteiger partial charge in [-0.3, -0.25) is 4.90 Å². The zero-order valence-corrected chi connectivity index (χ0v) is 20.1. The summed E-state index contributed by atoms with van der Waals surface area (Å²) in [5.74, 6) is -0.853. The first-order chi connectivity index (χ1) is 15.6. The predicted molar refractivity (Wildman–Crippen MR) is 126 cm³/mol. The van der Waals surface area contributed by atoms with Crippen LogP contribution in [0, 0.1) is 5.82 Å². The molecule has 1 fully saturated rings. The molecule has 3 heterocycles. The van der Waals surface area contributed by atoms with Crippen molar-refractivity contribution in [2.45, 2.75) is 45.6 Å². The molecule has 2 aliphatic rings. The monoisotopic (exact) mass is 456 g/mol. The highest BCUT2D eigenvalue weighted by molar-refractivity contribution is 6.18. The van der Waals surface area contributed by atoms with Crippen LogP contribution in [-0.2, 0) is 14.9 Å². The molecule has 2 aliphatic heterocycles. The number of fused-ring (bicyclic) bond motifs is 3. The van der Waals surface area contributed by atoms with Crippen molar-refractivity contribution in [2.24, 2.45) is 0 Å². The van der Waals surface area contributed by atoms with Gasteiger partial charge in [0, 0.05) is 55.2 Å². The van der Waals surface area contributed by atoms with E-state index in [9.17, 15) is 14.0 Å². The minimum atomic E-state index is -0.505. The predicted octanol–water partition coefficient (Wildman–Crippen LogP) is 3.95. The SMILES string of the molecule is CCC1(C)CN(C(=O)N2CCN(C)CC2)C=C(C(=O)OC(C)C)c2[nH]c3cc(F)ccc3c21. The zero-order valence-electron chi connectivity index (χ0n) is 20.1. The first-order valence-corrected chi connectivity index (χ1v) is 11.6. The van der Waals surface area contributed by atoms with Gasteiger partial charge in [0.1, 0.15) is 5.82 Å². The fourth-order valence-corrected chi connectivity index (χ4v) is 4.74. The maximum Gasteiger partial charge on any atom is 0.342 e. The Hall–Kier alpha value is -2.87. The third-order valence-corrected chi connectivity index (χ3v) is 6.80. The molecule has 8 heteroatoms. The number of hydrogen-bond acceptors (Lipinski definition) is 4. The summed E-state index contributed by atoms with van der Waals surface area (Å²) in [7, 11) is 2.04. The van der Waals surface area contributed by atoms with Gasteiger partial charge in [-0.05, 0) is 51.1 Å². The zero-order chi connectivity index (χ0) is 23.9. The Morgan fingerprint density at radius 2 is 1.91 bits per heavy atom. The van der Waals surface area contributed by atoms with Gasteiger partial charge in [-0.15, -0.1) is 0 Å². The lowest BCUT2D eigenvalue weighted by atomic mass is 9.77. The van der Waals surface area contributed by atoms with Gasteiger partial charge in [0.25, 0.3) is 0 Å². The molecule has 1 unspecified atom stereocenters. The number of likely N-dealkylation sites (N-methyl/N-ethyl adjacent to an activating group) is 1. The molecule has 7 nitrogen and oxygen atoms in total. The van der Waals surface area contributed by atoms with Crippen LogP contribution in [0.4, 0.5) is 9.18 Å². The van der Waals surface area contributed by atoms with Crippen LogP contribution in [0.3, 0.4) is 0 Å². The van der Waals surface area contributed by atoms with Gasteiger partial charge in [-0.2, -0.15) is 0 Å². The Morgan fingerprint density at radius 3 is 2.55 bits per heavy atom. The average molecular weight is 457 g/mol. The summed E-state index contributed by atoms with van der Waals surface area (Å²) in [6, 6.07) is 4.51. The third-order valence-electron chi connectivity index (χ3n) is 6.80. The van der Waals surface area contributed by atoms with Crippen molar-refractivity contribution < 1.29 is 18.7 Å². The molecule has 178 valence electrons. The first kappa shape index (κ1) is 23.3. The molecule has 2 amide bonds. The molecule has 1 aromatic heterocycles. The summed E-state index contributed by atoms with van der Waals surface area (Å²) in [6.07, 6.45) is 2.04. The molecule has 4 rings (SSSR count). The summed E-state index contributed by atoms with van der Waals surface area (Å²) < 4.78 is 19.5. The molecule has 1 aromatic carbocycles. The first-order valence-electron chi connectivity index (χ1n) is 11.6. The standard InChI is InChI=1S/C25H33FN4O3/c1-6-25(4)15-30(24(32)29-11-9-28(5)10-12-29)14-19(23(31)33-16(2)3)22-21(25)18-8-7-17(26)13-20(18)27-22/h7-8,13-14,16,27H,6,9-12,15H2,1-5H3. The highest BCUT2D eigenvalue weighted by Gasteiger charge is 2.40. The Labute approximate surface area is 194 Å². The molecule has 0 saturated carbocycles. The molecule has 0 spiro atoms. The number of urea groups is 1. The lowest BCUT2D eigenvalue weighted by Crippen LogP contribution is -2.52. The number of H-pyrrole nitrogens is 1. The molecule has 1 N–H and O–H groups in total.